The Morgan fingerprint density at radius 1 is 1.33 bits per heavy atom. The molecule has 1 aromatic carbocycles. The average Bonchev–Trinajstić information content (AvgIpc) is 2.95. The van der Waals surface area contributed by atoms with Crippen molar-refractivity contribution in [2.45, 2.75) is 30.7 Å². The molecule has 112 valence electrons. The van der Waals surface area contributed by atoms with E-state index in [1.807, 2.05) is 30.3 Å². The van der Waals surface area contributed by atoms with Gasteiger partial charge in [-0.25, -0.2) is 4.98 Å². The van der Waals surface area contributed by atoms with Crippen molar-refractivity contribution in [3.8, 4) is 11.4 Å². The van der Waals surface area contributed by atoms with E-state index < -0.39 is 0 Å². The highest BCUT2D eigenvalue weighted by Gasteiger charge is 2.23. The van der Waals surface area contributed by atoms with Crippen LogP contribution in [0.2, 0.25) is 0 Å². The maximum absolute atomic E-state index is 11.8. The van der Waals surface area contributed by atoms with Gasteiger partial charge in [-0.3, -0.25) is 9.89 Å². The minimum absolute atomic E-state index is 0.236. The van der Waals surface area contributed by atoms with Crippen LogP contribution in [0.4, 0.5) is 0 Å². The fourth-order valence-electron chi connectivity index (χ4n) is 1.90. The molecule has 1 heterocycles. The second-order valence-electron chi connectivity index (χ2n) is 5.09. The van der Waals surface area contributed by atoms with Crippen LogP contribution >= 0.6 is 11.8 Å². The van der Waals surface area contributed by atoms with Gasteiger partial charge in [0.2, 0.25) is 5.16 Å². The van der Waals surface area contributed by atoms with E-state index in [4.69, 9.17) is 4.74 Å². The number of benzene rings is 1. The van der Waals surface area contributed by atoms with Crippen LogP contribution in [0.3, 0.4) is 0 Å². The summed E-state index contributed by atoms with van der Waals surface area (Å²) >= 11 is 1.34. The molecule has 1 unspecified atom stereocenters. The molecule has 0 aliphatic carbocycles. The largest absolute Gasteiger partial charge is 0.468 e. The molecule has 1 aromatic heterocycles. The number of carbonyl (C=O) groups excluding carboxylic acids is 1. The highest BCUT2D eigenvalue weighted by molar-refractivity contribution is 8.00. The van der Waals surface area contributed by atoms with Gasteiger partial charge in [0.25, 0.3) is 0 Å². The number of nitrogens with zero attached hydrogens (tertiary/aromatic N) is 2. The Hall–Kier alpha value is -1.82. The monoisotopic (exact) mass is 305 g/mol. The molecule has 0 bridgehead atoms. The van der Waals surface area contributed by atoms with Crippen LogP contribution in [0, 0.1) is 5.92 Å². The average molecular weight is 305 g/mol. The molecule has 0 aliphatic heterocycles. The quantitative estimate of drug-likeness (QED) is 0.656. The lowest BCUT2D eigenvalue weighted by molar-refractivity contribution is -0.140. The maximum Gasteiger partial charge on any atom is 0.319 e. The van der Waals surface area contributed by atoms with Crippen LogP contribution in [0.1, 0.15) is 20.3 Å². The minimum atomic E-state index is -0.283. The van der Waals surface area contributed by atoms with E-state index in [2.05, 4.69) is 29.0 Å². The predicted octanol–water partition coefficient (Wildman–Crippen LogP) is 3.15. The molecule has 0 saturated carbocycles. The second kappa shape index (κ2) is 7.26. The van der Waals surface area contributed by atoms with E-state index in [1.54, 1.807) is 0 Å². The Kier molecular flexibility index (Phi) is 5.38. The van der Waals surface area contributed by atoms with E-state index in [9.17, 15) is 4.79 Å². The van der Waals surface area contributed by atoms with Gasteiger partial charge in [-0.05, 0) is 12.3 Å². The van der Waals surface area contributed by atoms with Crippen LogP contribution in [0.5, 0.6) is 0 Å². The predicted molar refractivity (Wildman–Crippen MR) is 82.9 cm³/mol. The normalized spacial score (nSPS) is 12.4. The topological polar surface area (TPSA) is 67.9 Å². The summed E-state index contributed by atoms with van der Waals surface area (Å²) in [5, 5.41) is 7.36. The molecule has 0 aliphatic rings. The highest BCUT2D eigenvalue weighted by Crippen LogP contribution is 2.27. The van der Waals surface area contributed by atoms with Crippen molar-refractivity contribution in [2.24, 2.45) is 5.92 Å². The first-order chi connectivity index (χ1) is 10.1. The third-order valence-electron chi connectivity index (χ3n) is 2.91. The van der Waals surface area contributed by atoms with E-state index in [1.165, 1.54) is 18.9 Å². The molecule has 0 amide bonds. The molecular formula is C15H19N3O2S. The van der Waals surface area contributed by atoms with Gasteiger partial charge in [-0.2, -0.15) is 0 Å². The zero-order valence-corrected chi connectivity index (χ0v) is 13.2. The van der Waals surface area contributed by atoms with E-state index in [0.29, 0.717) is 16.9 Å². The highest BCUT2D eigenvalue weighted by atomic mass is 32.2. The standard InChI is InChI=1S/C15H19N3O2S/c1-10(2)9-12(14(19)20-3)21-15-16-13(17-18-15)11-7-5-4-6-8-11/h4-8,10,12H,9H2,1-3H3,(H,16,17,18). The molecule has 0 fully saturated rings. The molecule has 1 N–H and O–H groups in total. The number of hydrogen-bond acceptors (Lipinski definition) is 5. The number of thioether (sulfide) groups is 1. The zero-order valence-electron chi connectivity index (χ0n) is 12.4. The van der Waals surface area contributed by atoms with Gasteiger partial charge in [0.05, 0.1) is 7.11 Å². The Bertz CT molecular complexity index is 584. The molecule has 5 nitrogen and oxygen atoms in total. The van der Waals surface area contributed by atoms with E-state index in [-0.39, 0.29) is 11.2 Å². The van der Waals surface area contributed by atoms with Crippen molar-refractivity contribution in [2.75, 3.05) is 7.11 Å². The third kappa shape index (κ3) is 4.32. The lowest BCUT2D eigenvalue weighted by atomic mass is 10.1. The van der Waals surface area contributed by atoms with Crippen molar-refractivity contribution >= 4 is 17.7 Å². The molecule has 0 spiro atoms. The Morgan fingerprint density at radius 2 is 2.05 bits per heavy atom. The first kappa shape index (κ1) is 15.6. The number of esters is 1. The second-order valence-corrected chi connectivity index (χ2v) is 6.26. The van der Waals surface area contributed by atoms with Gasteiger partial charge < -0.3 is 4.74 Å². The summed E-state index contributed by atoms with van der Waals surface area (Å²) < 4.78 is 4.85. The van der Waals surface area contributed by atoms with Crippen LogP contribution in [-0.4, -0.2) is 33.5 Å². The summed E-state index contributed by atoms with van der Waals surface area (Å²) in [5.41, 5.74) is 0.968. The summed E-state index contributed by atoms with van der Waals surface area (Å²) in [7, 11) is 1.41. The number of nitrogens with one attached hydrogen (secondary N) is 1. The SMILES string of the molecule is COC(=O)C(CC(C)C)Sc1n[nH]c(-c2ccccc2)n1. The molecule has 1 atom stereocenters. The summed E-state index contributed by atoms with van der Waals surface area (Å²) in [5.74, 6) is 0.861. The molecular weight excluding hydrogens is 286 g/mol. The first-order valence-corrected chi connectivity index (χ1v) is 7.70. The van der Waals surface area contributed by atoms with Gasteiger partial charge in [0, 0.05) is 5.56 Å². The smallest absolute Gasteiger partial charge is 0.319 e. The van der Waals surface area contributed by atoms with Gasteiger partial charge in [0.1, 0.15) is 5.25 Å². The van der Waals surface area contributed by atoms with Crippen molar-refractivity contribution in [1.29, 1.82) is 0 Å². The van der Waals surface area contributed by atoms with Crippen molar-refractivity contribution in [1.82, 2.24) is 15.2 Å². The number of ether oxygens (including phenoxy) is 1. The van der Waals surface area contributed by atoms with E-state index >= 15 is 0 Å². The number of aromatic nitrogens is 3. The third-order valence-corrected chi connectivity index (χ3v) is 3.97. The van der Waals surface area contributed by atoms with Gasteiger partial charge in [-0.1, -0.05) is 55.9 Å². The molecule has 2 rings (SSSR count). The van der Waals surface area contributed by atoms with Crippen LogP contribution in [0.25, 0.3) is 11.4 Å². The molecule has 0 saturated heterocycles. The maximum atomic E-state index is 11.8. The number of methoxy groups -OCH3 is 1. The summed E-state index contributed by atoms with van der Waals surface area (Å²) in [6, 6.07) is 9.76. The number of H-pyrrole nitrogens is 1. The Labute approximate surface area is 128 Å². The number of aromatic amines is 1. The zero-order chi connectivity index (χ0) is 15.2. The van der Waals surface area contributed by atoms with Crippen LogP contribution < -0.4 is 0 Å². The molecule has 2 aromatic rings. The lowest BCUT2D eigenvalue weighted by Gasteiger charge is -2.14. The van der Waals surface area contributed by atoms with Crippen molar-refractivity contribution in [3.63, 3.8) is 0 Å². The summed E-state index contributed by atoms with van der Waals surface area (Å²) in [4.78, 5) is 16.3. The van der Waals surface area contributed by atoms with Crippen LogP contribution in [-0.2, 0) is 9.53 Å². The fourth-order valence-corrected chi connectivity index (χ4v) is 3.07. The number of carbonyl (C=O) groups is 1. The number of hydrogen-bond donors (Lipinski definition) is 1. The molecule has 6 heteroatoms. The van der Waals surface area contributed by atoms with E-state index in [0.717, 1.165) is 12.0 Å². The Balaban J connectivity index is 2.11. The van der Waals surface area contributed by atoms with Gasteiger partial charge in [0.15, 0.2) is 5.82 Å². The van der Waals surface area contributed by atoms with Gasteiger partial charge >= 0.3 is 5.97 Å². The first-order valence-electron chi connectivity index (χ1n) is 6.82. The van der Waals surface area contributed by atoms with Gasteiger partial charge in [-0.15, -0.1) is 5.10 Å². The minimum Gasteiger partial charge on any atom is -0.468 e. The van der Waals surface area contributed by atoms with Crippen molar-refractivity contribution < 1.29 is 9.53 Å². The summed E-state index contributed by atoms with van der Waals surface area (Å²) in [6.07, 6.45) is 0.729. The summed E-state index contributed by atoms with van der Waals surface area (Å²) in [6.45, 7) is 4.15. The van der Waals surface area contributed by atoms with Crippen LogP contribution in [0.15, 0.2) is 35.5 Å². The van der Waals surface area contributed by atoms with Crippen molar-refractivity contribution in [3.05, 3.63) is 30.3 Å². The lowest BCUT2D eigenvalue weighted by Crippen LogP contribution is -2.21. The number of rotatable bonds is 6. The fraction of sp³-hybridized carbons (Fsp3) is 0.400. The Morgan fingerprint density at radius 3 is 2.67 bits per heavy atom. The molecule has 21 heavy (non-hydrogen) atoms. The molecule has 0 radical (unpaired) electrons.